The van der Waals surface area contributed by atoms with Crippen molar-refractivity contribution in [3.63, 3.8) is 0 Å². The minimum Gasteiger partial charge on any atom is -0.481 e. The predicted molar refractivity (Wildman–Crippen MR) is 72.5 cm³/mol. The number of carboxylic acids is 1. The highest BCUT2D eigenvalue weighted by atomic mass is 16.5. The molecule has 7 nitrogen and oxygen atoms in total. The molecule has 0 aromatic heterocycles. The molecule has 7 heteroatoms. The van der Waals surface area contributed by atoms with Gasteiger partial charge in [-0.2, -0.15) is 0 Å². The van der Waals surface area contributed by atoms with Crippen LogP contribution in [0.2, 0.25) is 0 Å². The fraction of sp³-hybridized carbons (Fsp3) is 0.714. The summed E-state index contributed by atoms with van der Waals surface area (Å²) < 4.78 is 9.63. The van der Waals surface area contributed by atoms with Crippen LogP contribution in [0.3, 0.4) is 0 Å². The van der Waals surface area contributed by atoms with E-state index in [9.17, 15) is 19.2 Å². The van der Waals surface area contributed by atoms with Crippen molar-refractivity contribution in [2.45, 2.75) is 46.0 Å². The average molecular weight is 302 g/mol. The topological polar surface area (TPSA) is 107 Å². The number of carbonyl (C=O) groups is 4. The number of esters is 2. The normalized spacial score (nSPS) is 11.5. The number of aliphatic carboxylic acids is 1. The van der Waals surface area contributed by atoms with Gasteiger partial charge in [0.25, 0.3) is 0 Å². The number of ketones is 1. The van der Waals surface area contributed by atoms with Crippen molar-refractivity contribution in [3.8, 4) is 0 Å². The van der Waals surface area contributed by atoms with Gasteiger partial charge in [-0.15, -0.1) is 0 Å². The number of hydrogen-bond acceptors (Lipinski definition) is 6. The van der Waals surface area contributed by atoms with E-state index in [0.29, 0.717) is 0 Å². The number of rotatable bonds is 11. The zero-order chi connectivity index (χ0) is 16.3. The fourth-order valence-corrected chi connectivity index (χ4v) is 1.71. The van der Waals surface area contributed by atoms with Crippen LogP contribution in [0.4, 0.5) is 0 Å². The smallest absolute Gasteiger partial charge is 0.309 e. The fourth-order valence-electron chi connectivity index (χ4n) is 1.71. The van der Waals surface area contributed by atoms with Crippen LogP contribution >= 0.6 is 0 Å². The summed E-state index contributed by atoms with van der Waals surface area (Å²) in [5, 5.41) is 8.52. The maximum absolute atomic E-state index is 11.7. The highest BCUT2D eigenvalue weighted by Gasteiger charge is 2.24. The van der Waals surface area contributed by atoms with Crippen LogP contribution in [0.15, 0.2) is 0 Å². The molecule has 0 amide bonds. The highest BCUT2D eigenvalue weighted by Crippen LogP contribution is 2.16. The minimum absolute atomic E-state index is 0.0174. The van der Waals surface area contributed by atoms with E-state index in [2.05, 4.69) is 0 Å². The first-order chi connectivity index (χ1) is 9.90. The second-order valence-corrected chi connectivity index (χ2v) is 4.43. The van der Waals surface area contributed by atoms with Gasteiger partial charge >= 0.3 is 17.9 Å². The van der Waals surface area contributed by atoms with Crippen LogP contribution in [0, 0.1) is 5.92 Å². The Hall–Kier alpha value is -1.92. The van der Waals surface area contributed by atoms with E-state index < -0.39 is 23.8 Å². The summed E-state index contributed by atoms with van der Waals surface area (Å²) >= 11 is 0. The Morgan fingerprint density at radius 3 is 2.10 bits per heavy atom. The van der Waals surface area contributed by atoms with Gasteiger partial charge in [-0.3, -0.25) is 19.2 Å². The van der Waals surface area contributed by atoms with Crippen molar-refractivity contribution in [2.24, 2.45) is 5.92 Å². The van der Waals surface area contributed by atoms with Crippen molar-refractivity contribution in [1.29, 1.82) is 0 Å². The predicted octanol–water partition coefficient (Wildman–Crippen LogP) is 1.33. The molecule has 0 rings (SSSR count). The zero-order valence-electron chi connectivity index (χ0n) is 12.4. The Balaban J connectivity index is 4.44. The highest BCUT2D eigenvalue weighted by molar-refractivity contribution is 5.86. The van der Waals surface area contributed by atoms with E-state index in [1.807, 2.05) is 0 Å². The van der Waals surface area contributed by atoms with Crippen molar-refractivity contribution in [3.05, 3.63) is 0 Å². The maximum atomic E-state index is 11.7. The number of hydrogen-bond donors (Lipinski definition) is 1. The molecule has 0 aliphatic heterocycles. The number of ether oxygens (including phenoxy) is 2. The summed E-state index contributed by atoms with van der Waals surface area (Å²) in [5.41, 5.74) is 0. The molecule has 1 N–H and O–H groups in total. The molecule has 0 aliphatic rings. The Morgan fingerprint density at radius 1 is 0.952 bits per heavy atom. The van der Waals surface area contributed by atoms with E-state index >= 15 is 0 Å². The third-order valence-electron chi connectivity index (χ3n) is 2.71. The van der Waals surface area contributed by atoms with Crippen LogP contribution < -0.4 is 0 Å². The number of Topliss-reactive ketones (excluding diaryl/α,β-unsaturated/α-hetero) is 1. The molecule has 0 bridgehead atoms. The van der Waals surface area contributed by atoms with E-state index in [0.717, 1.165) is 0 Å². The molecule has 0 radical (unpaired) electrons. The second kappa shape index (κ2) is 10.8. The molecule has 0 aromatic carbocycles. The molecule has 0 heterocycles. The van der Waals surface area contributed by atoms with Gasteiger partial charge in [0.2, 0.25) is 0 Å². The van der Waals surface area contributed by atoms with Crippen LogP contribution in [0.25, 0.3) is 0 Å². The number of carboxylic acid groups (broad SMARTS) is 1. The molecular formula is C14H22O7. The third-order valence-corrected chi connectivity index (χ3v) is 2.71. The molecule has 0 aliphatic carbocycles. The van der Waals surface area contributed by atoms with Crippen LogP contribution in [-0.2, 0) is 28.7 Å². The van der Waals surface area contributed by atoms with Gasteiger partial charge in [-0.1, -0.05) is 0 Å². The molecule has 0 spiro atoms. The number of carbonyl (C=O) groups excluding carboxylic acids is 3. The summed E-state index contributed by atoms with van der Waals surface area (Å²) in [6.45, 7) is 3.75. The Labute approximate surface area is 123 Å². The molecule has 0 aromatic rings. The summed E-state index contributed by atoms with van der Waals surface area (Å²) in [4.78, 5) is 45.1. The molecule has 1 atom stereocenters. The Morgan fingerprint density at radius 2 is 1.57 bits per heavy atom. The van der Waals surface area contributed by atoms with E-state index in [-0.39, 0.29) is 51.1 Å². The lowest BCUT2D eigenvalue weighted by atomic mass is 9.95. The van der Waals surface area contributed by atoms with Gasteiger partial charge in [0.05, 0.1) is 25.6 Å². The van der Waals surface area contributed by atoms with Gasteiger partial charge in [-0.05, 0) is 20.3 Å². The van der Waals surface area contributed by atoms with Gasteiger partial charge < -0.3 is 14.6 Å². The van der Waals surface area contributed by atoms with Crippen LogP contribution in [-0.4, -0.2) is 42.0 Å². The van der Waals surface area contributed by atoms with Crippen molar-refractivity contribution < 1.29 is 33.8 Å². The van der Waals surface area contributed by atoms with Gasteiger partial charge in [-0.25, -0.2) is 0 Å². The average Bonchev–Trinajstić information content (AvgIpc) is 2.41. The lowest BCUT2D eigenvalue weighted by molar-refractivity contribution is -0.151. The third kappa shape index (κ3) is 9.59. The SMILES string of the molecule is CCOC(=O)CCC(CC(=O)CCC(=O)O)C(=O)OCC. The summed E-state index contributed by atoms with van der Waals surface area (Å²) in [7, 11) is 0. The van der Waals surface area contributed by atoms with E-state index in [1.54, 1.807) is 13.8 Å². The Kier molecular flexibility index (Phi) is 9.83. The lowest BCUT2D eigenvalue weighted by Crippen LogP contribution is -2.22. The first-order valence-electron chi connectivity index (χ1n) is 6.96. The molecule has 21 heavy (non-hydrogen) atoms. The van der Waals surface area contributed by atoms with Gasteiger partial charge in [0.15, 0.2) is 0 Å². The van der Waals surface area contributed by atoms with Gasteiger partial charge in [0.1, 0.15) is 5.78 Å². The van der Waals surface area contributed by atoms with E-state index in [1.165, 1.54) is 0 Å². The minimum atomic E-state index is -1.07. The standard InChI is InChI=1S/C14H22O7/c1-3-20-13(18)8-5-10(14(19)21-4-2)9-11(15)6-7-12(16)17/h10H,3-9H2,1-2H3,(H,16,17). The molecule has 0 saturated heterocycles. The Bertz CT molecular complexity index is 376. The summed E-state index contributed by atoms with van der Waals surface area (Å²) in [5.74, 6) is -3.13. The first-order valence-corrected chi connectivity index (χ1v) is 6.96. The molecule has 0 saturated carbocycles. The quantitative estimate of drug-likeness (QED) is 0.574. The molecule has 0 fully saturated rings. The van der Waals surface area contributed by atoms with Crippen molar-refractivity contribution in [1.82, 2.24) is 0 Å². The van der Waals surface area contributed by atoms with Gasteiger partial charge in [0, 0.05) is 19.3 Å². The largest absolute Gasteiger partial charge is 0.481 e. The van der Waals surface area contributed by atoms with Crippen molar-refractivity contribution >= 4 is 23.7 Å². The second-order valence-electron chi connectivity index (χ2n) is 4.43. The molecule has 1 unspecified atom stereocenters. The summed E-state index contributed by atoms with van der Waals surface area (Å²) in [6.07, 6.45) is -0.359. The first kappa shape index (κ1) is 19.1. The van der Waals surface area contributed by atoms with Crippen LogP contribution in [0.1, 0.15) is 46.0 Å². The molecule has 120 valence electrons. The van der Waals surface area contributed by atoms with Crippen molar-refractivity contribution in [2.75, 3.05) is 13.2 Å². The monoisotopic (exact) mass is 302 g/mol. The lowest BCUT2D eigenvalue weighted by Gasteiger charge is -2.14. The molecular weight excluding hydrogens is 280 g/mol. The maximum Gasteiger partial charge on any atom is 0.309 e. The zero-order valence-corrected chi connectivity index (χ0v) is 12.4. The van der Waals surface area contributed by atoms with Crippen LogP contribution in [0.5, 0.6) is 0 Å². The summed E-state index contributed by atoms with van der Waals surface area (Å²) in [6, 6.07) is 0. The van der Waals surface area contributed by atoms with E-state index in [4.69, 9.17) is 14.6 Å².